The van der Waals surface area contributed by atoms with Gasteiger partial charge in [-0.3, -0.25) is 4.79 Å². The first-order valence-electron chi connectivity index (χ1n) is 4.65. The summed E-state index contributed by atoms with van der Waals surface area (Å²) in [7, 11) is 0. The van der Waals surface area contributed by atoms with Gasteiger partial charge in [0.05, 0.1) is 12.1 Å². The Kier molecular flexibility index (Phi) is 2.60. The monoisotopic (exact) mass is 201 g/mol. The molecule has 1 aromatic heterocycles. The second kappa shape index (κ2) is 4.06. The number of hydrogen-bond donors (Lipinski definition) is 2. The molecule has 1 heterocycles. The molecule has 3 N–H and O–H groups in total. The van der Waals surface area contributed by atoms with Crippen molar-refractivity contribution in [3.63, 3.8) is 0 Å². The van der Waals surface area contributed by atoms with Gasteiger partial charge in [0.2, 0.25) is 0 Å². The van der Waals surface area contributed by atoms with Crippen molar-refractivity contribution in [1.29, 1.82) is 0 Å². The molecule has 0 fully saturated rings. The third-order valence-electron chi connectivity index (χ3n) is 2.13. The van der Waals surface area contributed by atoms with Crippen molar-refractivity contribution < 1.29 is 0 Å². The van der Waals surface area contributed by atoms with Crippen LogP contribution in [0.2, 0.25) is 0 Å². The van der Waals surface area contributed by atoms with Crippen LogP contribution in [0.5, 0.6) is 0 Å². The van der Waals surface area contributed by atoms with Gasteiger partial charge in [-0.15, -0.1) is 0 Å². The Balaban J connectivity index is 2.51. The molecule has 0 amide bonds. The quantitative estimate of drug-likeness (QED) is 0.758. The first kappa shape index (κ1) is 9.61. The molecular weight excluding hydrogens is 190 g/mol. The fourth-order valence-corrected chi connectivity index (χ4v) is 1.36. The fourth-order valence-electron chi connectivity index (χ4n) is 1.36. The number of nitrogens with one attached hydrogen (secondary N) is 1. The fraction of sp³-hybridized carbons (Fsp3) is 0.0909. The third kappa shape index (κ3) is 1.94. The summed E-state index contributed by atoms with van der Waals surface area (Å²) < 4.78 is 0. The van der Waals surface area contributed by atoms with Crippen LogP contribution < -0.4 is 11.3 Å². The largest absolute Gasteiger partial charge is 0.324 e. The average Bonchev–Trinajstić information content (AvgIpc) is 2.30. The van der Waals surface area contributed by atoms with Crippen LogP contribution >= 0.6 is 0 Å². The molecule has 0 radical (unpaired) electrons. The molecule has 4 nitrogen and oxygen atoms in total. The van der Waals surface area contributed by atoms with Crippen molar-refractivity contribution in [1.82, 2.24) is 9.97 Å². The summed E-state index contributed by atoms with van der Waals surface area (Å²) >= 11 is 0. The van der Waals surface area contributed by atoms with E-state index >= 15 is 0 Å². The van der Waals surface area contributed by atoms with E-state index in [4.69, 9.17) is 5.73 Å². The highest BCUT2D eigenvalue weighted by Gasteiger charge is 2.03. The summed E-state index contributed by atoms with van der Waals surface area (Å²) in [5.74, 6) is 0.500. The molecule has 0 atom stereocenters. The maximum absolute atomic E-state index is 11.6. The van der Waals surface area contributed by atoms with Gasteiger partial charge in [0.1, 0.15) is 5.82 Å². The summed E-state index contributed by atoms with van der Waals surface area (Å²) in [4.78, 5) is 18.3. The number of rotatable bonds is 2. The Labute approximate surface area is 86.8 Å². The number of hydrogen-bond acceptors (Lipinski definition) is 3. The average molecular weight is 201 g/mol. The SMILES string of the molecule is NCc1ncc(-c2ccccc2)c(=O)[nH]1. The van der Waals surface area contributed by atoms with Crippen LogP contribution in [0.1, 0.15) is 5.82 Å². The zero-order chi connectivity index (χ0) is 10.7. The van der Waals surface area contributed by atoms with Gasteiger partial charge < -0.3 is 10.7 Å². The number of benzene rings is 1. The van der Waals surface area contributed by atoms with Gasteiger partial charge in [-0.1, -0.05) is 30.3 Å². The van der Waals surface area contributed by atoms with Crippen LogP contribution in [-0.4, -0.2) is 9.97 Å². The van der Waals surface area contributed by atoms with Crippen LogP contribution in [0.15, 0.2) is 41.3 Å². The van der Waals surface area contributed by atoms with Gasteiger partial charge in [-0.05, 0) is 5.56 Å². The van der Waals surface area contributed by atoms with Gasteiger partial charge in [0.25, 0.3) is 5.56 Å². The first-order chi connectivity index (χ1) is 7.31. The smallest absolute Gasteiger partial charge is 0.258 e. The first-order valence-corrected chi connectivity index (χ1v) is 4.65. The summed E-state index contributed by atoms with van der Waals surface area (Å²) in [5, 5.41) is 0. The summed E-state index contributed by atoms with van der Waals surface area (Å²) in [6.45, 7) is 0.240. The van der Waals surface area contributed by atoms with Crippen LogP contribution in [0, 0.1) is 0 Å². The maximum atomic E-state index is 11.6. The molecule has 4 heteroatoms. The van der Waals surface area contributed by atoms with Gasteiger partial charge in [0.15, 0.2) is 0 Å². The predicted molar refractivity (Wildman–Crippen MR) is 58.2 cm³/mol. The number of H-pyrrole nitrogens is 1. The minimum atomic E-state index is -0.156. The van der Waals surface area contributed by atoms with Gasteiger partial charge in [-0.2, -0.15) is 0 Å². The molecule has 2 rings (SSSR count). The van der Waals surface area contributed by atoms with Crippen LogP contribution in [-0.2, 0) is 6.54 Å². The molecule has 15 heavy (non-hydrogen) atoms. The minimum absolute atomic E-state index is 0.156. The standard InChI is InChI=1S/C11H11N3O/c12-6-10-13-7-9(11(15)14-10)8-4-2-1-3-5-8/h1-5,7H,6,12H2,(H,13,14,15). The normalized spacial score (nSPS) is 10.2. The lowest BCUT2D eigenvalue weighted by Gasteiger charge is -2.00. The van der Waals surface area contributed by atoms with E-state index in [1.54, 1.807) is 6.20 Å². The molecule has 0 saturated heterocycles. The lowest BCUT2D eigenvalue weighted by atomic mass is 10.1. The van der Waals surface area contributed by atoms with Crippen molar-refractivity contribution in [2.75, 3.05) is 0 Å². The molecule has 76 valence electrons. The molecule has 0 unspecified atom stereocenters. The molecule has 2 aromatic rings. The molecule has 0 aliphatic rings. The zero-order valence-electron chi connectivity index (χ0n) is 8.10. The second-order valence-corrected chi connectivity index (χ2v) is 3.14. The predicted octanol–water partition coefficient (Wildman–Crippen LogP) is 0.896. The lowest BCUT2D eigenvalue weighted by Crippen LogP contribution is -2.15. The second-order valence-electron chi connectivity index (χ2n) is 3.14. The Hall–Kier alpha value is -1.94. The topological polar surface area (TPSA) is 71.8 Å². The molecular formula is C11H11N3O. The minimum Gasteiger partial charge on any atom is -0.324 e. The lowest BCUT2D eigenvalue weighted by molar-refractivity contribution is 0.895. The maximum Gasteiger partial charge on any atom is 0.258 e. The van der Waals surface area contributed by atoms with Crippen molar-refractivity contribution in [2.45, 2.75) is 6.54 Å². The molecule has 0 aliphatic heterocycles. The highest BCUT2D eigenvalue weighted by molar-refractivity contribution is 5.60. The summed E-state index contributed by atoms with van der Waals surface area (Å²) in [5.41, 5.74) is 6.64. The number of aromatic nitrogens is 2. The van der Waals surface area contributed by atoms with E-state index < -0.39 is 0 Å². The number of nitrogens with zero attached hydrogens (tertiary/aromatic N) is 1. The van der Waals surface area contributed by atoms with E-state index in [0.717, 1.165) is 5.56 Å². The van der Waals surface area contributed by atoms with Crippen LogP contribution in [0.25, 0.3) is 11.1 Å². The van der Waals surface area contributed by atoms with Gasteiger partial charge in [-0.25, -0.2) is 4.98 Å². The molecule has 1 aromatic carbocycles. The van der Waals surface area contributed by atoms with E-state index in [9.17, 15) is 4.79 Å². The van der Waals surface area contributed by atoms with Crippen molar-refractivity contribution >= 4 is 0 Å². The summed E-state index contributed by atoms with van der Waals surface area (Å²) in [6, 6.07) is 9.40. The Morgan fingerprint density at radius 3 is 2.60 bits per heavy atom. The van der Waals surface area contributed by atoms with Crippen LogP contribution in [0.3, 0.4) is 0 Å². The van der Waals surface area contributed by atoms with Crippen LogP contribution in [0.4, 0.5) is 0 Å². The number of aromatic amines is 1. The third-order valence-corrected chi connectivity index (χ3v) is 2.13. The number of nitrogens with two attached hydrogens (primary N) is 1. The van der Waals surface area contributed by atoms with Gasteiger partial charge >= 0.3 is 0 Å². The van der Waals surface area contributed by atoms with Crippen molar-refractivity contribution in [3.8, 4) is 11.1 Å². The van der Waals surface area contributed by atoms with Gasteiger partial charge in [0, 0.05) is 6.20 Å². The van der Waals surface area contributed by atoms with E-state index in [2.05, 4.69) is 9.97 Å². The van der Waals surface area contributed by atoms with E-state index in [1.807, 2.05) is 30.3 Å². The van der Waals surface area contributed by atoms with E-state index in [1.165, 1.54) is 0 Å². The molecule has 0 aliphatic carbocycles. The Morgan fingerprint density at radius 1 is 1.27 bits per heavy atom. The highest BCUT2D eigenvalue weighted by atomic mass is 16.1. The molecule has 0 bridgehead atoms. The highest BCUT2D eigenvalue weighted by Crippen LogP contribution is 2.12. The molecule has 0 saturated carbocycles. The van der Waals surface area contributed by atoms with E-state index in [-0.39, 0.29) is 12.1 Å². The molecule has 0 spiro atoms. The van der Waals surface area contributed by atoms with E-state index in [0.29, 0.717) is 11.4 Å². The summed E-state index contributed by atoms with van der Waals surface area (Å²) in [6.07, 6.45) is 1.55. The Bertz CT molecular complexity index is 505. The zero-order valence-corrected chi connectivity index (χ0v) is 8.10. The van der Waals surface area contributed by atoms with Crippen molar-refractivity contribution in [2.24, 2.45) is 5.73 Å². The Morgan fingerprint density at radius 2 is 2.00 bits per heavy atom. The van der Waals surface area contributed by atoms with Crippen molar-refractivity contribution in [3.05, 3.63) is 52.7 Å².